The quantitative estimate of drug-likeness (QED) is 0.446. The molecule has 0 spiro atoms. The van der Waals surface area contributed by atoms with E-state index < -0.39 is 0 Å². The van der Waals surface area contributed by atoms with E-state index in [-0.39, 0.29) is 16.6 Å². The zero-order chi connectivity index (χ0) is 20.7. The van der Waals surface area contributed by atoms with E-state index in [9.17, 15) is 9.18 Å². The van der Waals surface area contributed by atoms with Crippen LogP contribution in [0, 0.1) is 34.4 Å². The molecule has 0 bridgehead atoms. The number of carbonyl (C=O) groups excluding carboxylic acids is 1. The van der Waals surface area contributed by atoms with E-state index >= 15 is 0 Å². The summed E-state index contributed by atoms with van der Waals surface area (Å²) >= 11 is 1.23. The number of ketones is 1. The van der Waals surface area contributed by atoms with Crippen molar-refractivity contribution in [1.29, 1.82) is 0 Å². The summed E-state index contributed by atoms with van der Waals surface area (Å²) in [6.45, 7) is 4.76. The van der Waals surface area contributed by atoms with Crippen LogP contribution < -0.4 is 5.32 Å². The first-order chi connectivity index (χ1) is 14.4. The van der Waals surface area contributed by atoms with Crippen LogP contribution in [0.5, 0.6) is 0 Å². The Morgan fingerprint density at radius 2 is 1.80 bits per heavy atom. The van der Waals surface area contributed by atoms with Crippen molar-refractivity contribution in [2.75, 3.05) is 0 Å². The molecule has 1 aromatic rings. The van der Waals surface area contributed by atoms with Gasteiger partial charge in [0, 0.05) is 28.0 Å². The number of hydrogen-bond acceptors (Lipinski definition) is 2. The Hall–Kier alpha value is -1.68. The van der Waals surface area contributed by atoms with Crippen LogP contribution in [0.1, 0.15) is 64.4 Å². The van der Waals surface area contributed by atoms with E-state index in [1.54, 1.807) is 17.7 Å². The number of Topliss-reactive ketones (excluding diaryl/α,β-unsaturated/α-hetero) is 1. The molecule has 0 radical (unpaired) electrons. The summed E-state index contributed by atoms with van der Waals surface area (Å²) in [7, 11) is 0. The molecule has 0 unspecified atom stereocenters. The molecule has 2 fully saturated rings. The maximum Gasteiger partial charge on any atom is 0.139 e. The molecule has 158 valence electrons. The van der Waals surface area contributed by atoms with Crippen molar-refractivity contribution in [3.63, 3.8) is 0 Å². The van der Waals surface area contributed by atoms with Crippen molar-refractivity contribution in [3.05, 3.63) is 57.9 Å². The minimum Gasteiger partial charge on any atom is -0.353 e. The molecule has 2 nitrogen and oxygen atoms in total. The average molecular weight is 424 g/mol. The lowest BCUT2D eigenvalue weighted by Gasteiger charge is -2.56. The third-order valence-electron chi connectivity index (χ3n) is 9.22. The smallest absolute Gasteiger partial charge is 0.139 e. The van der Waals surface area contributed by atoms with E-state index in [2.05, 4.69) is 25.2 Å². The number of rotatable bonds is 1. The van der Waals surface area contributed by atoms with Crippen molar-refractivity contribution in [1.82, 2.24) is 5.32 Å². The number of carbonyl (C=O) groups is 1. The molecule has 6 rings (SSSR count). The summed E-state index contributed by atoms with van der Waals surface area (Å²) in [5, 5.41) is 3.68. The summed E-state index contributed by atoms with van der Waals surface area (Å²) < 4.78 is 13.4. The summed E-state index contributed by atoms with van der Waals surface area (Å²) in [6.07, 6.45) is 10.1. The summed E-state index contributed by atoms with van der Waals surface area (Å²) in [5.74, 6) is 2.28. The molecule has 1 aromatic carbocycles. The Morgan fingerprint density at radius 1 is 1.03 bits per heavy atom. The number of benzene rings is 1. The van der Waals surface area contributed by atoms with Crippen LogP contribution in [-0.4, -0.2) is 10.8 Å². The molecular formula is C26H30FNOS. The fourth-order valence-electron chi connectivity index (χ4n) is 7.49. The van der Waals surface area contributed by atoms with Gasteiger partial charge in [-0.15, -0.1) is 11.4 Å². The minimum atomic E-state index is -0.185. The maximum absolute atomic E-state index is 13.4. The van der Waals surface area contributed by atoms with Gasteiger partial charge in [-0.2, -0.15) is 0 Å². The highest BCUT2D eigenvalue weighted by Crippen LogP contribution is 2.65. The van der Waals surface area contributed by atoms with E-state index in [0.717, 1.165) is 37.7 Å². The van der Waals surface area contributed by atoms with Gasteiger partial charge in [-0.05, 0) is 91.5 Å². The van der Waals surface area contributed by atoms with Crippen LogP contribution in [0.4, 0.5) is 4.39 Å². The van der Waals surface area contributed by atoms with Crippen molar-refractivity contribution in [2.45, 2.75) is 58.8 Å². The van der Waals surface area contributed by atoms with Crippen LogP contribution in [0.25, 0.3) is 0 Å². The molecule has 4 aliphatic carbocycles. The Morgan fingerprint density at radius 3 is 2.60 bits per heavy atom. The summed E-state index contributed by atoms with van der Waals surface area (Å²) in [5.41, 5.74) is 4.18. The van der Waals surface area contributed by atoms with Gasteiger partial charge >= 0.3 is 0 Å². The van der Waals surface area contributed by atoms with Crippen LogP contribution in [0.15, 0.2) is 46.5 Å². The van der Waals surface area contributed by atoms with Gasteiger partial charge in [0.25, 0.3) is 0 Å². The van der Waals surface area contributed by atoms with Gasteiger partial charge in [-0.1, -0.05) is 19.9 Å². The van der Waals surface area contributed by atoms with Crippen LogP contribution in [0.3, 0.4) is 0 Å². The van der Waals surface area contributed by atoms with Crippen molar-refractivity contribution < 1.29 is 9.18 Å². The first-order valence-electron chi connectivity index (χ1n) is 11.5. The first-order valence-corrected chi connectivity index (χ1v) is 12.4. The van der Waals surface area contributed by atoms with Crippen LogP contribution >= 0.6 is 11.4 Å². The number of hydrogen-bond donors (Lipinski definition) is 2. The van der Waals surface area contributed by atoms with Crippen molar-refractivity contribution in [3.8, 4) is 0 Å². The van der Waals surface area contributed by atoms with Gasteiger partial charge in [-0.3, -0.25) is 4.79 Å². The van der Waals surface area contributed by atoms with E-state index in [1.165, 1.54) is 39.8 Å². The molecule has 0 saturated heterocycles. The van der Waals surface area contributed by atoms with Gasteiger partial charge < -0.3 is 5.32 Å². The van der Waals surface area contributed by atoms with Crippen LogP contribution in [-0.2, 0) is 4.79 Å². The number of thiol groups is 1. The molecule has 1 N–H and O–H groups in total. The molecule has 1 aliphatic heterocycles. The molecule has 1 heterocycles. The lowest BCUT2D eigenvalue weighted by molar-refractivity contribution is -0.131. The topological polar surface area (TPSA) is 29.1 Å². The molecule has 2 saturated carbocycles. The zero-order valence-corrected chi connectivity index (χ0v) is 18.7. The molecule has 5 atom stereocenters. The molecule has 5 aliphatic rings. The lowest BCUT2D eigenvalue weighted by atomic mass is 9.48. The predicted octanol–water partition coefficient (Wildman–Crippen LogP) is 5.73. The standard InChI is InChI=1S/C26H30FNOS/c1-25-14-12-21-23(30-24(28-21)15-3-5-16(27)6-4-15)20(25)8-7-17-18-9-10-22(29)26(18,2)13-11-19(17)25/h3-6,8,17-19,28,30H,7,9-14H2,1-2H3/t17-,18-,19-,25+,26-/m0/s1. The number of nitrogens with one attached hydrogen (secondary N) is 1. The third kappa shape index (κ3) is 2.49. The minimum absolute atomic E-state index is 0.0569. The van der Waals surface area contributed by atoms with Gasteiger partial charge in [-0.25, -0.2) is 4.39 Å². The number of halogens is 1. The van der Waals surface area contributed by atoms with Gasteiger partial charge in [0.05, 0.1) is 4.99 Å². The predicted molar refractivity (Wildman–Crippen MR) is 122 cm³/mol. The Bertz CT molecular complexity index is 1040. The molecule has 4 heteroatoms. The molecule has 0 amide bonds. The van der Waals surface area contributed by atoms with Crippen LogP contribution in [0.2, 0.25) is 0 Å². The molecule has 30 heavy (non-hydrogen) atoms. The summed E-state index contributed by atoms with van der Waals surface area (Å²) in [6, 6.07) is 6.86. The monoisotopic (exact) mass is 423 g/mol. The fraction of sp³-hybridized carbons (Fsp3) is 0.538. The normalized spacial score (nSPS) is 39.7. The van der Waals surface area contributed by atoms with E-state index in [1.807, 2.05) is 12.1 Å². The average Bonchev–Trinajstić information content (AvgIpc) is 3.29. The van der Waals surface area contributed by atoms with Gasteiger partial charge in [0.2, 0.25) is 0 Å². The Balaban J connectivity index is 1.36. The second-order valence-electron chi connectivity index (χ2n) is 10.5. The SMILES string of the molecule is C[C@]12CCC3=C([SH]=C(c4ccc(F)cc4)N3)C1=CC[C@@H]1[C@@H]2CC[C@]2(C)C(=O)CC[C@@H]12. The number of fused-ring (bicyclic) bond motifs is 6. The third-order valence-corrected chi connectivity index (χ3v) is 10.5. The van der Waals surface area contributed by atoms with Gasteiger partial charge in [0.15, 0.2) is 0 Å². The number of allylic oxidation sites excluding steroid dienone is 3. The maximum atomic E-state index is 13.4. The highest BCUT2D eigenvalue weighted by atomic mass is 32.1. The second kappa shape index (κ2) is 6.41. The highest BCUT2D eigenvalue weighted by Gasteiger charge is 2.58. The lowest BCUT2D eigenvalue weighted by Crippen LogP contribution is -2.49. The highest BCUT2D eigenvalue weighted by molar-refractivity contribution is 8.03. The second-order valence-corrected chi connectivity index (χ2v) is 11.6. The van der Waals surface area contributed by atoms with Crippen molar-refractivity contribution in [2.24, 2.45) is 28.6 Å². The Labute approximate surface area is 182 Å². The molecular weight excluding hydrogens is 393 g/mol. The summed E-state index contributed by atoms with van der Waals surface area (Å²) in [4.78, 5) is 15.3. The van der Waals surface area contributed by atoms with Crippen molar-refractivity contribution >= 4 is 22.1 Å². The fourth-order valence-corrected chi connectivity index (χ4v) is 8.96. The van der Waals surface area contributed by atoms with E-state index in [0.29, 0.717) is 23.5 Å². The van der Waals surface area contributed by atoms with E-state index in [4.69, 9.17) is 0 Å². The van der Waals surface area contributed by atoms with Gasteiger partial charge in [0.1, 0.15) is 11.6 Å². The molecule has 0 aromatic heterocycles. The largest absolute Gasteiger partial charge is 0.353 e. The first kappa shape index (κ1) is 19.0. The Kier molecular flexibility index (Phi) is 4.07. The zero-order valence-electron chi connectivity index (χ0n) is 17.8.